The maximum absolute atomic E-state index is 11.8. The monoisotopic (exact) mass is 462 g/mol. The number of rotatable bonds is 6. The maximum atomic E-state index is 11.8. The van der Waals surface area contributed by atoms with E-state index in [1.54, 1.807) is 24.3 Å². The molecule has 0 spiro atoms. The van der Waals surface area contributed by atoms with E-state index in [9.17, 15) is 10.1 Å². The Morgan fingerprint density at radius 1 is 0.923 bits per heavy atom. The van der Waals surface area contributed by atoms with Crippen LogP contribution < -0.4 is 5.32 Å². The molecule has 0 aliphatic heterocycles. The van der Waals surface area contributed by atoms with Crippen molar-refractivity contribution in [3.63, 3.8) is 0 Å². The van der Waals surface area contributed by atoms with E-state index in [0.717, 1.165) is 9.79 Å². The summed E-state index contributed by atoms with van der Waals surface area (Å²) in [4.78, 5) is 12.2. The number of amides is 1. The largest absolute Gasteiger partial charge is 0.314 e. The van der Waals surface area contributed by atoms with Gasteiger partial charge < -0.3 is 5.32 Å². The lowest BCUT2D eigenvalue weighted by molar-refractivity contribution is -0.118. The number of thioether (sulfide) groups is 2. The molecular formula is C17H10Cl4N2OS2. The Morgan fingerprint density at radius 3 is 1.69 bits per heavy atom. The molecule has 3 nitrogen and oxygen atoms in total. The summed E-state index contributed by atoms with van der Waals surface area (Å²) in [6.07, 6.45) is 0. The number of benzene rings is 2. The predicted molar refractivity (Wildman–Crippen MR) is 111 cm³/mol. The van der Waals surface area contributed by atoms with Crippen LogP contribution >= 0.6 is 69.9 Å². The molecule has 0 heterocycles. The summed E-state index contributed by atoms with van der Waals surface area (Å²) in [7, 11) is 0. The van der Waals surface area contributed by atoms with Gasteiger partial charge >= 0.3 is 0 Å². The Labute approximate surface area is 179 Å². The first kappa shape index (κ1) is 21.3. The molecule has 1 N–H and O–H groups in total. The summed E-state index contributed by atoms with van der Waals surface area (Å²) in [5.41, 5.74) is 0.0567. The molecule has 0 aliphatic carbocycles. The van der Waals surface area contributed by atoms with Crippen LogP contribution in [0.15, 0.2) is 68.3 Å². The van der Waals surface area contributed by atoms with E-state index in [1.807, 2.05) is 30.3 Å². The van der Waals surface area contributed by atoms with Gasteiger partial charge in [-0.25, -0.2) is 0 Å². The van der Waals surface area contributed by atoms with Crippen molar-refractivity contribution in [2.24, 2.45) is 0 Å². The highest BCUT2D eigenvalue weighted by atomic mass is 35.5. The molecule has 0 saturated heterocycles. The highest BCUT2D eigenvalue weighted by Crippen LogP contribution is 2.41. The van der Waals surface area contributed by atoms with Crippen LogP contribution in [-0.4, -0.2) is 10.7 Å². The van der Waals surface area contributed by atoms with Crippen molar-refractivity contribution >= 4 is 75.8 Å². The molecule has 0 radical (unpaired) electrons. The fraction of sp³-hybridized carbons (Fsp3) is 0.0588. The topological polar surface area (TPSA) is 52.9 Å². The number of carbonyl (C=O) groups is 1. The van der Waals surface area contributed by atoms with E-state index in [1.165, 1.54) is 23.5 Å². The molecule has 0 bridgehead atoms. The predicted octanol–water partition coefficient (Wildman–Crippen LogP) is 6.49. The van der Waals surface area contributed by atoms with Crippen LogP contribution in [0.4, 0.5) is 0 Å². The standard InChI is InChI=1S/C17H10Cl4N2OS2/c18-10-1-5-12(6-2-10)25-17(14(9-22)23-16(24)15(20)21)26-13-7-3-11(19)4-8-13/h1-8,15H,(H,23,24). The number of hydrogen-bond acceptors (Lipinski definition) is 4. The molecule has 0 saturated carbocycles. The first-order chi connectivity index (χ1) is 12.4. The normalized spacial score (nSPS) is 10.3. The molecule has 2 rings (SSSR count). The van der Waals surface area contributed by atoms with Gasteiger partial charge in [0.1, 0.15) is 11.8 Å². The highest BCUT2D eigenvalue weighted by molar-refractivity contribution is 8.22. The number of carbonyl (C=O) groups excluding carboxylic acids is 1. The second-order valence-electron chi connectivity index (χ2n) is 4.68. The summed E-state index contributed by atoms with van der Waals surface area (Å²) >= 11 is 25.6. The summed E-state index contributed by atoms with van der Waals surface area (Å²) in [5.74, 6) is -0.671. The Hall–Kier alpha value is -1.00. The molecule has 2 aromatic rings. The Bertz CT molecular complexity index is 797. The lowest BCUT2D eigenvalue weighted by Crippen LogP contribution is -2.27. The van der Waals surface area contributed by atoms with Crippen molar-refractivity contribution in [2.45, 2.75) is 14.6 Å². The third kappa shape index (κ3) is 6.62. The molecular weight excluding hydrogens is 454 g/mol. The van der Waals surface area contributed by atoms with E-state index in [-0.39, 0.29) is 5.70 Å². The van der Waals surface area contributed by atoms with Crippen LogP contribution in [0.25, 0.3) is 0 Å². The van der Waals surface area contributed by atoms with Gasteiger partial charge in [-0.2, -0.15) is 5.26 Å². The van der Waals surface area contributed by atoms with Gasteiger partial charge in [0.15, 0.2) is 4.84 Å². The van der Waals surface area contributed by atoms with E-state index < -0.39 is 10.7 Å². The molecule has 0 fully saturated rings. The summed E-state index contributed by atoms with van der Waals surface area (Å²) < 4.78 is 0.555. The van der Waals surface area contributed by atoms with Crippen molar-refractivity contribution in [1.29, 1.82) is 5.26 Å². The number of alkyl halides is 2. The third-order valence-corrected chi connectivity index (χ3v) is 6.01. The third-order valence-electron chi connectivity index (χ3n) is 2.81. The molecule has 134 valence electrons. The molecule has 0 aromatic heterocycles. The second kappa shape index (κ2) is 10.4. The van der Waals surface area contributed by atoms with Crippen molar-refractivity contribution in [3.05, 3.63) is 68.5 Å². The second-order valence-corrected chi connectivity index (χ2v) is 9.07. The van der Waals surface area contributed by atoms with Gasteiger partial charge in [0.05, 0.1) is 4.24 Å². The molecule has 1 amide bonds. The van der Waals surface area contributed by atoms with E-state index in [2.05, 4.69) is 5.32 Å². The first-order valence-corrected chi connectivity index (χ1v) is 10.3. The fourth-order valence-corrected chi connectivity index (χ4v) is 4.12. The van der Waals surface area contributed by atoms with Crippen LogP contribution in [0.2, 0.25) is 10.0 Å². The average molecular weight is 464 g/mol. The Balaban J connectivity index is 2.36. The Morgan fingerprint density at radius 2 is 1.35 bits per heavy atom. The van der Waals surface area contributed by atoms with Gasteiger partial charge in [0.2, 0.25) is 0 Å². The average Bonchev–Trinajstić information content (AvgIpc) is 2.62. The van der Waals surface area contributed by atoms with Crippen LogP contribution in [-0.2, 0) is 4.79 Å². The highest BCUT2D eigenvalue weighted by Gasteiger charge is 2.17. The van der Waals surface area contributed by atoms with Crippen LogP contribution in [0.3, 0.4) is 0 Å². The van der Waals surface area contributed by atoms with E-state index in [0.29, 0.717) is 14.3 Å². The van der Waals surface area contributed by atoms with E-state index in [4.69, 9.17) is 46.4 Å². The molecule has 9 heteroatoms. The molecule has 0 aliphatic rings. The molecule has 26 heavy (non-hydrogen) atoms. The zero-order valence-electron chi connectivity index (χ0n) is 12.9. The summed E-state index contributed by atoms with van der Waals surface area (Å²) in [5, 5.41) is 13.2. The molecule has 2 aromatic carbocycles. The number of allylic oxidation sites excluding steroid dienone is 1. The van der Waals surface area contributed by atoms with Crippen LogP contribution in [0.5, 0.6) is 0 Å². The van der Waals surface area contributed by atoms with Crippen molar-refractivity contribution in [3.8, 4) is 6.07 Å². The Kier molecular flexibility index (Phi) is 8.49. The minimum Gasteiger partial charge on any atom is -0.314 e. The van der Waals surface area contributed by atoms with Crippen LogP contribution in [0, 0.1) is 11.3 Å². The zero-order valence-corrected chi connectivity index (χ0v) is 17.5. The van der Waals surface area contributed by atoms with Gasteiger partial charge in [0.25, 0.3) is 5.91 Å². The quantitative estimate of drug-likeness (QED) is 0.302. The number of hydrogen-bond donors (Lipinski definition) is 1. The minimum absolute atomic E-state index is 0.0567. The van der Waals surface area contributed by atoms with Crippen molar-refractivity contribution in [1.82, 2.24) is 5.32 Å². The smallest absolute Gasteiger partial charge is 0.258 e. The summed E-state index contributed by atoms with van der Waals surface area (Å²) in [6.45, 7) is 0. The lowest BCUT2D eigenvalue weighted by atomic mass is 10.4. The number of nitrogens with zero attached hydrogens (tertiary/aromatic N) is 1. The van der Waals surface area contributed by atoms with Crippen molar-refractivity contribution < 1.29 is 4.79 Å². The van der Waals surface area contributed by atoms with Gasteiger partial charge in [0, 0.05) is 19.8 Å². The van der Waals surface area contributed by atoms with Gasteiger partial charge in [-0.1, -0.05) is 69.9 Å². The first-order valence-electron chi connectivity index (χ1n) is 6.99. The number of halogens is 4. The molecule has 0 atom stereocenters. The summed E-state index contributed by atoms with van der Waals surface area (Å²) in [6, 6.07) is 16.2. The van der Waals surface area contributed by atoms with Crippen molar-refractivity contribution in [2.75, 3.05) is 0 Å². The zero-order chi connectivity index (χ0) is 19.1. The van der Waals surface area contributed by atoms with Gasteiger partial charge in [-0.15, -0.1) is 0 Å². The van der Waals surface area contributed by atoms with Crippen LogP contribution in [0.1, 0.15) is 0 Å². The fourth-order valence-electron chi connectivity index (χ4n) is 1.64. The van der Waals surface area contributed by atoms with Gasteiger partial charge in [-0.05, 0) is 48.5 Å². The number of nitrogens with one attached hydrogen (secondary N) is 1. The minimum atomic E-state index is -1.28. The van der Waals surface area contributed by atoms with Gasteiger partial charge in [-0.3, -0.25) is 4.79 Å². The maximum Gasteiger partial charge on any atom is 0.258 e. The molecule has 0 unspecified atom stereocenters. The van der Waals surface area contributed by atoms with E-state index >= 15 is 0 Å². The SMILES string of the molecule is N#CC(NC(=O)C(Cl)Cl)=C(Sc1ccc(Cl)cc1)Sc1ccc(Cl)cc1. The number of nitriles is 1. The lowest BCUT2D eigenvalue weighted by Gasteiger charge is -2.12.